The lowest BCUT2D eigenvalue weighted by Crippen LogP contribution is -2.28. The van der Waals surface area contributed by atoms with Gasteiger partial charge in [-0.15, -0.1) is 0 Å². The number of hydrogen-bond donors (Lipinski definition) is 1. The van der Waals surface area contributed by atoms with E-state index in [1.54, 1.807) is 0 Å². The molecule has 1 N–H and O–H groups in total. The van der Waals surface area contributed by atoms with Crippen molar-refractivity contribution in [2.75, 3.05) is 19.6 Å². The molecule has 0 atom stereocenters. The summed E-state index contributed by atoms with van der Waals surface area (Å²) in [5.41, 5.74) is 2.18. The van der Waals surface area contributed by atoms with Gasteiger partial charge >= 0.3 is 0 Å². The van der Waals surface area contributed by atoms with Crippen molar-refractivity contribution in [1.29, 1.82) is 0 Å². The van der Waals surface area contributed by atoms with Crippen molar-refractivity contribution in [3.05, 3.63) is 64.7 Å². The van der Waals surface area contributed by atoms with E-state index in [-0.39, 0.29) is 5.91 Å². The number of benzene rings is 2. The van der Waals surface area contributed by atoms with E-state index in [4.69, 9.17) is 16.3 Å². The largest absolute Gasteiger partial charge is 0.489 e. The second-order valence-corrected chi connectivity index (χ2v) is 6.98. The third kappa shape index (κ3) is 5.48. The first kappa shape index (κ1) is 18.7. The van der Waals surface area contributed by atoms with E-state index >= 15 is 0 Å². The topological polar surface area (TPSA) is 41.6 Å². The van der Waals surface area contributed by atoms with Crippen molar-refractivity contribution in [3.63, 3.8) is 0 Å². The van der Waals surface area contributed by atoms with Gasteiger partial charge in [0.05, 0.1) is 0 Å². The molecule has 26 heavy (non-hydrogen) atoms. The van der Waals surface area contributed by atoms with Gasteiger partial charge in [-0.25, -0.2) is 0 Å². The fraction of sp³-hybridized carbons (Fsp3) is 0.381. The van der Waals surface area contributed by atoms with E-state index < -0.39 is 0 Å². The minimum Gasteiger partial charge on any atom is -0.489 e. The zero-order valence-electron chi connectivity index (χ0n) is 14.9. The summed E-state index contributed by atoms with van der Waals surface area (Å²) >= 11 is 6.15. The molecule has 1 aliphatic rings. The lowest BCUT2D eigenvalue weighted by molar-refractivity contribution is -0.127. The molecule has 1 amide bonds. The molecule has 4 nitrogen and oxygen atoms in total. The van der Waals surface area contributed by atoms with Crippen LogP contribution in [0.15, 0.2) is 48.5 Å². The number of hydrogen-bond acceptors (Lipinski definition) is 3. The summed E-state index contributed by atoms with van der Waals surface area (Å²) in [6.07, 6.45) is 2.65. The SMILES string of the molecule is O=C1CCCN1CCCNCc1cc(Cl)ccc1OCc1ccccc1. The van der Waals surface area contributed by atoms with Crippen molar-refractivity contribution in [2.24, 2.45) is 0 Å². The molecule has 1 aliphatic heterocycles. The van der Waals surface area contributed by atoms with Crippen molar-refractivity contribution < 1.29 is 9.53 Å². The molecule has 3 rings (SSSR count). The van der Waals surface area contributed by atoms with Gasteiger partial charge in [-0.05, 0) is 43.1 Å². The summed E-state index contributed by atoms with van der Waals surface area (Å²) < 4.78 is 5.98. The summed E-state index contributed by atoms with van der Waals surface area (Å²) in [5.74, 6) is 1.14. The van der Waals surface area contributed by atoms with Gasteiger partial charge in [0.25, 0.3) is 0 Å². The predicted molar refractivity (Wildman–Crippen MR) is 104 cm³/mol. The zero-order valence-corrected chi connectivity index (χ0v) is 15.7. The number of carbonyl (C=O) groups is 1. The highest BCUT2D eigenvalue weighted by atomic mass is 35.5. The second kappa shape index (κ2) is 9.60. The summed E-state index contributed by atoms with van der Waals surface area (Å²) in [7, 11) is 0. The third-order valence-corrected chi connectivity index (χ3v) is 4.76. The number of rotatable bonds is 9. The number of ether oxygens (including phenoxy) is 1. The van der Waals surface area contributed by atoms with Gasteiger partial charge < -0.3 is 15.0 Å². The maximum Gasteiger partial charge on any atom is 0.222 e. The summed E-state index contributed by atoms with van der Waals surface area (Å²) in [6.45, 7) is 3.82. The highest BCUT2D eigenvalue weighted by Crippen LogP contribution is 2.24. The summed E-state index contributed by atoms with van der Waals surface area (Å²) in [4.78, 5) is 13.6. The lowest BCUT2D eigenvalue weighted by atomic mass is 10.2. The molecule has 0 radical (unpaired) electrons. The maximum absolute atomic E-state index is 11.6. The van der Waals surface area contributed by atoms with Crippen molar-refractivity contribution in [1.82, 2.24) is 10.2 Å². The minimum absolute atomic E-state index is 0.288. The number of nitrogens with one attached hydrogen (secondary N) is 1. The molecular weight excluding hydrogens is 348 g/mol. The Morgan fingerprint density at radius 3 is 2.77 bits per heavy atom. The van der Waals surface area contributed by atoms with Crippen LogP contribution in [0.3, 0.4) is 0 Å². The van der Waals surface area contributed by atoms with E-state index in [9.17, 15) is 4.79 Å². The molecular formula is C21H25ClN2O2. The van der Waals surface area contributed by atoms with Crippen LogP contribution >= 0.6 is 11.6 Å². The number of nitrogens with zero attached hydrogens (tertiary/aromatic N) is 1. The summed E-state index contributed by atoms with van der Waals surface area (Å²) in [5, 5.41) is 4.13. The minimum atomic E-state index is 0.288. The number of halogens is 1. The molecule has 0 unspecified atom stereocenters. The second-order valence-electron chi connectivity index (χ2n) is 6.54. The van der Waals surface area contributed by atoms with Crippen molar-refractivity contribution >= 4 is 17.5 Å². The quantitative estimate of drug-likeness (QED) is 0.676. The fourth-order valence-corrected chi connectivity index (χ4v) is 3.32. The molecule has 0 bridgehead atoms. The Labute approximate surface area is 160 Å². The van der Waals surface area contributed by atoms with Crippen LogP contribution in [0.4, 0.5) is 0 Å². The monoisotopic (exact) mass is 372 g/mol. The Morgan fingerprint density at radius 2 is 2.00 bits per heavy atom. The molecule has 0 aliphatic carbocycles. The molecule has 0 aromatic heterocycles. The predicted octanol–water partition coefficient (Wildman–Crippen LogP) is 4.02. The Kier molecular flexibility index (Phi) is 6.92. The fourth-order valence-electron chi connectivity index (χ4n) is 3.12. The van der Waals surface area contributed by atoms with Crippen LogP contribution in [0.25, 0.3) is 0 Å². The van der Waals surface area contributed by atoms with Gasteiger partial charge in [0.15, 0.2) is 0 Å². The molecule has 138 valence electrons. The summed E-state index contributed by atoms with van der Waals surface area (Å²) in [6, 6.07) is 15.8. The van der Waals surface area contributed by atoms with Crippen LogP contribution in [0.1, 0.15) is 30.4 Å². The molecule has 1 heterocycles. The van der Waals surface area contributed by atoms with Crippen LogP contribution in [0.5, 0.6) is 5.75 Å². The molecule has 2 aromatic rings. The Morgan fingerprint density at radius 1 is 1.15 bits per heavy atom. The third-order valence-electron chi connectivity index (χ3n) is 4.53. The number of amides is 1. The number of carbonyl (C=O) groups excluding carboxylic acids is 1. The maximum atomic E-state index is 11.6. The molecule has 5 heteroatoms. The van der Waals surface area contributed by atoms with Crippen LogP contribution in [0.2, 0.25) is 5.02 Å². The van der Waals surface area contributed by atoms with E-state index in [1.165, 1.54) is 0 Å². The Balaban J connectivity index is 1.47. The van der Waals surface area contributed by atoms with Crippen LogP contribution in [-0.4, -0.2) is 30.4 Å². The highest BCUT2D eigenvalue weighted by Gasteiger charge is 2.18. The molecule has 1 fully saturated rings. The van der Waals surface area contributed by atoms with Crippen molar-refractivity contribution in [2.45, 2.75) is 32.4 Å². The van der Waals surface area contributed by atoms with Gasteiger partial charge in [-0.1, -0.05) is 41.9 Å². The first-order valence-corrected chi connectivity index (χ1v) is 9.54. The van der Waals surface area contributed by atoms with Crippen LogP contribution < -0.4 is 10.1 Å². The van der Waals surface area contributed by atoms with E-state index in [2.05, 4.69) is 5.32 Å². The van der Waals surface area contributed by atoms with Gasteiger partial charge in [0, 0.05) is 36.6 Å². The van der Waals surface area contributed by atoms with Gasteiger partial charge in [0.2, 0.25) is 5.91 Å². The standard InChI is InChI=1S/C21H25ClN2O2/c22-19-9-10-20(26-16-17-6-2-1-3-7-17)18(14-19)15-23-11-5-13-24-12-4-8-21(24)25/h1-3,6-7,9-10,14,23H,4-5,8,11-13,15-16H2. The molecule has 0 spiro atoms. The Hall–Kier alpha value is -2.04. The Bertz CT molecular complexity index is 721. The molecule has 1 saturated heterocycles. The van der Waals surface area contributed by atoms with Gasteiger partial charge in [-0.3, -0.25) is 4.79 Å². The number of likely N-dealkylation sites (tertiary alicyclic amines) is 1. The average molecular weight is 373 g/mol. The average Bonchev–Trinajstić information content (AvgIpc) is 3.06. The first-order chi connectivity index (χ1) is 12.7. The van der Waals surface area contributed by atoms with Crippen LogP contribution in [0, 0.1) is 0 Å². The van der Waals surface area contributed by atoms with E-state index in [0.717, 1.165) is 49.4 Å². The van der Waals surface area contributed by atoms with Crippen molar-refractivity contribution in [3.8, 4) is 5.75 Å². The molecule has 0 saturated carbocycles. The molecule has 2 aromatic carbocycles. The van der Waals surface area contributed by atoms with Gasteiger partial charge in [-0.2, -0.15) is 0 Å². The van der Waals surface area contributed by atoms with Crippen LogP contribution in [-0.2, 0) is 17.9 Å². The highest BCUT2D eigenvalue weighted by molar-refractivity contribution is 6.30. The van der Waals surface area contributed by atoms with Gasteiger partial charge in [0.1, 0.15) is 12.4 Å². The van der Waals surface area contributed by atoms with E-state index in [0.29, 0.717) is 24.6 Å². The van der Waals surface area contributed by atoms with E-state index in [1.807, 2.05) is 53.4 Å². The lowest BCUT2D eigenvalue weighted by Gasteiger charge is -2.16. The zero-order chi connectivity index (χ0) is 18.2. The first-order valence-electron chi connectivity index (χ1n) is 9.16. The normalized spacial score (nSPS) is 14.0. The smallest absolute Gasteiger partial charge is 0.222 e.